The van der Waals surface area contributed by atoms with Crippen molar-refractivity contribution in [2.24, 2.45) is 0 Å². The lowest BCUT2D eigenvalue weighted by atomic mass is 10.1. The number of pyridine rings is 1. The van der Waals surface area contributed by atoms with Crippen molar-refractivity contribution in [2.75, 3.05) is 5.73 Å². The predicted molar refractivity (Wildman–Crippen MR) is 92.1 cm³/mol. The Hall–Kier alpha value is -1.97. The van der Waals surface area contributed by atoms with Crippen molar-refractivity contribution in [3.63, 3.8) is 0 Å². The molecule has 1 heterocycles. The first-order valence-corrected chi connectivity index (χ1v) is 7.63. The van der Waals surface area contributed by atoms with Gasteiger partial charge in [-0.15, -0.1) is 0 Å². The zero-order chi connectivity index (χ0) is 15.7. The van der Waals surface area contributed by atoms with Crippen molar-refractivity contribution >= 4 is 39.8 Å². The summed E-state index contributed by atoms with van der Waals surface area (Å²) in [4.78, 5) is 4.39. The quantitative estimate of drug-likeness (QED) is 0.646. The molecule has 0 fully saturated rings. The zero-order valence-corrected chi connectivity index (χ0v) is 13.4. The molecule has 0 amide bonds. The maximum absolute atomic E-state index is 6.14. The van der Waals surface area contributed by atoms with Crippen LogP contribution in [0.5, 0.6) is 11.5 Å². The van der Waals surface area contributed by atoms with E-state index in [1.165, 1.54) is 5.56 Å². The van der Waals surface area contributed by atoms with Gasteiger partial charge in [0.15, 0.2) is 5.75 Å². The van der Waals surface area contributed by atoms with E-state index in [1.807, 2.05) is 12.1 Å². The number of nitrogen functional groups attached to an aromatic ring is 1. The normalized spacial score (nSPS) is 10.9. The van der Waals surface area contributed by atoms with E-state index in [2.05, 4.69) is 24.0 Å². The number of nitrogens with two attached hydrogens (primary N) is 1. The third-order valence-corrected chi connectivity index (χ3v) is 3.93. The molecule has 1 aromatic heterocycles. The van der Waals surface area contributed by atoms with E-state index in [1.54, 1.807) is 18.3 Å². The monoisotopic (exact) mass is 332 g/mol. The van der Waals surface area contributed by atoms with Gasteiger partial charge in [-0.1, -0.05) is 36.2 Å². The number of aryl methyl sites for hydroxylation is 1. The average Bonchev–Trinajstić information content (AvgIpc) is 2.50. The molecule has 0 radical (unpaired) electrons. The number of hydrogen-bond donors (Lipinski definition) is 1. The minimum atomic E-state index is 0.368. The molecule has 112 valence electrons. The highest BCUT2D eigenvalue weighted by atomic mass is 35.5. The van der Waals surface area contributed by atoms with E-state index >= 15 is 0 Å². The van der Waals surface area contributed by atoms with Gasteiger partial charge in [0.25, 0.3) is 0 Å². The lowest BCUT2D eigenvalue weighted by Crippen LogP contribution is -1.91. The van der Waals surface area contributed by atoms with Crippen molar-refractivity contribution in [3.8, 4) is 11.5 Å². The number of rotatable bonds is 3. The second-order valence-corrected chi connectivity index (χ2v) is 5.78. The number of anilines is 1. The minimum absolute atomic E-state index is 0.368. The highest BCUT2D eigenvalue weighted by Crippen LogP contribution is 2.38. The summed E-state index contributed by atoms with van der Waals surface area (Å²) in [7, 11) is 0. The molecule has 3 aromatic rings. The van der Waals surface area contributed by atoms with Crippen molar-refractivity contribution in [2.45, 2.75) is 13.3 Å². The van der Waals surface area contributed by atoms with Gasteiger partial charge < -0.3 is 10.5 Å². The van der Waals surface area contributed by atoms with Gasteiger partial charge in [0, 0.05) is 11.1 Å². The third-order valence-electron chi connectivity index (χ3n) is 3.37. The number of fused-ring (bicyclic) bond motifs is 1. The molecule has 0 atom stereocenters. The van der Waals surface area contributed by atoms with Gasteiger partial charge in [0.05, 0.1) is 21.8 Å². The van der Waals surface area contributed by atoms with Crippen LogP contribution in [0.25, 0.3) is 10.9 Å². The van der Waals surface area contributed by atoms with Gasteiger partial charge in [0.1, 0.15) is 5.75 Å². The van der Waals surface area contributed by atoms with Crippen LogP contribution in [0.15, 0.2) is 42.6 Å². The van der Waals surface area contributed by atoms with Crippen molar-refractivity contribution in [3.05, 3.63) is 58.2 Å². The van der Waals surface area contributed by atoms with E-state index in [0.717, 1.165) is 17.3 Å². The van der Waals surface area contributed by atoms with Gasteiger partial charge in [-0.05, 0) is 42.3 Å². The summed E-state index contributed by atoms with van der Waals surface area (Å²) >= 11 is 12.3. The minimum Gasteiger partial charge on any atom is -0.453 e. The summed E-state index contributed by atoms with van der Waals surface area (Å²) in [5.74, 6) is 0.958. The topological polar surface area (TPSA) is 48.1 Å². The molecule has 0 saturated carbocycles. The molecular formula is C17H14Cl2N2O. The van der Waals surface area contributed by atoms with Crippen LogP contribution in [0.4, 0.5) is 5.69 Å². The van der Waals surface area contributed by atoms with E-state index in [4.69, 9.17) is 33.7 Å². The highest BCUT2D eigenvalue weighted by Gasteiger charge is 2.11. The lowest BCUT2D eigenvalue weighted by Gasteiger charge is -2.11. The second kappa shape index (κ2) is 6.03. The number of ether oxygens (including phenoxy) is 1. The average molecular weight is 333 g/mol. The van der Waals surface area contributed by atoms with Gasteiger partial charge in [-0.25, -0.2) is 0 Å². The van der Waals surface area contributed by atoms with Crippen molar-refractivity contribution in [1.29, 1.82) is 0 Å². The Morgan fingerprint density at radius 1 is 1.09 bits per heavy atom. The molecule has 3 nitrogen and oxygen atoms in total. The first-order valence-electron chi connectivity index (χ1n) is 6.88. The summed E-state index contributed by atoms with van der Waals surface area (Å²) in [6.07, 6.45) is 2.62. The predicted octanol–water partition coefficient (Wildman–Crippen LogP) is 5.48. The van der Waals surface area contributed by atoms with Crippen LogP contribution in [-0.4, -0.2) is 4.98 Å². The summed E-state index contributed by atoms with van der Waals surface area (Å²) in [5.41, 5.74) is 8.34. The van der Waals surface area contributed by atoms with Gasteiger partial charge in [-0.3, -0.25) is 4.98 Å². The van der Waals surface area contributed by atoms with Crippen LogP contribution < -0.4 is 10.5 Å². The maximum atomic E-state index is 6.14. The van der Waals surface area contributed by atoms with Crippen LogP contribution in [0.1, 0.15) is 12.5 Å². The Morgan fingerprint density at radius 3 is 2.50 bits per heavy atom. The highest BCUT2D eigenvalue weighted by molar-refractivity contribution is 6.37. The zero-order valence-electron chi connectivity index (χ0n) is 11.9. The number of hydrogen-bond acceptors (Lipinski definition) is 3. The first kappa shape index (κ1) is 14.9. The molecule has 0 unspecified atom stereocenters. The molecule has 0 aliphatic carbocycles. The molecular weight excluding hydrogens is 319 g/mol. The van der Waals surface area contributed by atoms with Crippen LogP contribution in [0, 0.1) is 0 Å². The maximum Gasteiger partial charge on any atom is 0.164 e. The summed E-state index contributed by atoms with van der Waals surface area (Å²) < 4.78 is 5.79. The fraction of sp³-hybridized carbons (Fsp3) is 0.118. The Bertz CT molecular complexity index is 826. The largest absolute Gasteiger partial charge is 0.453 e. The fourth-order valence-electron chi connectivity index (χ4n) is 2.23. The van der Waals surface area contributed by atoms with Crippen LogP contribution in [0.2, 0.25) is 10.0 Å². The van der Waals surface area contributed by atoms with Crippen molar-refractivity contribution < 1.29 is 4.74 Å². The van der Waals surface area contributed by atoms with Gasteiger partial charge >= 0.3 is 0 Å². The third kappa shape index (κ3) is 2.96. The Morgan fingerprint density at radius 2 is 1.82 bits per heavy atom. The molecule has 2 N–H and O–H groups in total. The van der Waals surface area contributed by atoms with Gasteiger partial charge in [-0.2, -0.15) is 0 Å². The molecule has 0 bridgehead atoms. The molecule has 0 aliphatic rings. The summed E-state index contributed by atoms with van der Waals surface area (Å²) in [6.45, 7) is 2.11. The van der Waals surface area contributed by atoms with E-state index in [-0.39, 0.29) is 0 Å². The molecule has 2 aromatic carbocycles. The van der Waals surface area contributed by atoms with Crippen molar-refractivity contribution in [1.82, 2.24) is 4.98 Å². The number of aromatic nitrogens is 1. The smallest absolute Gasteiger partial charge is 0.164 e. The SMILES string of the molecule is CCc1ccc2ncc(Oc3c(Cl)cc(N)cc3Cl)cc2c1. The summed E-state index contributed by atoms with van der Waals surface area (Å²) in [6, 6.07) is 11.3. The van der Waals surface area contributed by atoms with Gasteiger partial charge in [0.2, 0.25) is 0 Å². The molecule has 22 heavy (non-hydrogen) atoms. The molecule has 0 spiro atoms. The number of nitrogens with zero attached hydrogens (tertiary/aromatic N) is 1. The van der Waals surface area contributed by atoms with Crippen LogP contribution in [-0.2, 0) is 6.42 Å². The Labute approximate surface area is 138 Å². The molecule has 0 saturated heterocycles. The van der Waals surface area contributed by atoms with E-state index < -0.39 is 0 Å². The second-order valence-electron chi connectivity index (χ2n) is 4.97. The van der Waals surface area contributed by atoms with Crippen LogP contribution >= 0.6 is 23.2 Å². The Balaban J connectivity index is 2.00. The Kier molecular flexibility index (Phi) is 4.10. The van der Waals surface area contributed by atoms with Crippen LogP contribution in [0.3, 0.4) is 0 Å². The lowest BCUT2D eigenvalue weighted by molar-refractivity contribution is 0.482. The summed E-state index contributed by atoms with van der Waals surface area (Å²) in [5, 5.41) is 1.75. The number of benzene rings is 2. The molecule has 3 rings (SSSR count). The number of halogens is 2. The van der Waals surface area contributed by atoms with E-state index in [0.29, 0.717) is 27.2 Å². The molecule has 0 aliphatic heterocycles. The molecule has 5 heteroatoms. The first-order chi connectivity index (χ1) is 10.6. The van der Waals surface area contributed by atoms with E-state index in [9.17, 15) is 0 Å². The fourth-order valence-corrected chi connectivity index (χ4v) is 2.81. The standard InChI is InChI=1S/C17H14Cl2N2O/c1-2-10-3-4-16-11(5-10)6-13(9-21-16)22-17-14(18)7-12(20)8-15(17)19/h3-9H,2,20H2,1H3.